The zero-order chi connectivity index (χ0) is 13.0. The summed E-state index contributed by atoms with van der Waals surface area (Å²) in [5, 5.41) is 8.96. The van der Waals surface area contributed by atoms with Crippen LogP contribution in [-0.2, 0) is 14.3 Å². The molecule has 1 saturated heterocycles. The van der Waals surface area contributed by atoms with Crippen LogP contribution in [0.5, 0.6) is 0 Å². The van der Waals surface area contributed by atoms with E-state index in [0.29, 0.717) is 24.2 Å². The van der Waals surface area contributed by atoms with Crippen molar-refractivity contribution in [1.82, 2.24) is 0 Å². The molecule has 4 bridgehead atoms. The second kappa shape index (κ2) is 4.45. The highest BCUT2D eigenvalue weighted by Crippen LogP contribution is 2.58. The molecule has 5 rings (SSSR count). The van der Waals surface area contributed by atoms with Crippen molar-refractivity contribution in [2.24, 2.45) is 29.6 Å². The van der Waals surface area contributed by atoms with E-state index in [-0.39, 0.29) is 18.9 Å². The van der Waals surface area contributed by atoms with Crippen molar-refractivity contribution in [3.63, 3.8) is 0 Å². The maximum absolute atomic E-state index is 11.8. The highest BCUT2D eigenvalue weighted by molar-refractivity contribution is 5.76. The molecular weight excluding hydrogens is 244 g/mol. The van der Waals surface area contributed by atoms with Crippen LogP contribution in [0.25, 0.3) is 0 Å². The summed E-state index contributed by atoms with van der Waals surface area (Å²) in [4.78, 5) is 11.8. The maximum atomic E-state index is 11.8. The van der Waals surface area contributed by atoms with Gasteiger partial charge in [-0.05, 0) is 55.8 Å². The van der Waals surface area contributed by atoms with Crippen molar-refractivity contribution in [3.05, 3.63) is 0 Å². The van der Waals surface area contributed by atoms with Crippen molar-refractivity contribution in [1.29, 1.82) is 0 Å². The number of aliphatic hydroxyl groups is 1. The number of hydrogen-bond acceptors (Lipinski definition) is 4. The summed E-state index contributed by atoms with van der Waals surface area (Å²) in [7, 11) is 0. The lowest BCUT2D eigenvalue weighted by Gasteiger charge is -2.55. The maximum Gasteiger partial charge on any atom is 0.337 e. The lowest BCUT2D eigenvalue weighted by atomic mass is 9.51. The molecule has 0 aromatic heterocycles. The van der Waals surface area contributed by atoms with Gasteiger partial charge in [0, 0.05) is 18.9 Å². The third-order valence-electron chi connectivity index (χ3n) is 5.80. The number of ether oxygens (including phenoxy) is 2. The van der Waals surface area contributed by atoms with E-state index >= 15 is 0 Å². The zero-order valence-electron chi connectivity index (χ0n) is 11.2. The third-order valence-corrected chi connectivity index (χ3v) is 5.80. The number of hydrogen-bond donors (Lipinski definition) is 1. The molecule has 5 fully saturated rings. The van der Waals surface area contributed by atoms with Crippen molar-refractivity contribution in [2.45, 2.75) is 50.9 Å². The molecule has 4 saturated carbocycles. The van der Waals surface area contributed by atoms with Crippen molar-refractivity contribution >= 4 is 5.97 Å². The summed E-state index contributed by atoms with van der Waals surface area (Å²) >= 11 is 0. The fourth-order valence-electron chi connectivity index (χ4n) is 5.32. The van der Waals surface area contributed by atoms with Crippen molar-refractivity contribution < 1.29 is 19.4 Å². The molecule has 0 aromatic rings. The van der Waals surface area contributed by atoms with Gasteiger partial charge in [-0.3, -0.25) is 0 Å². The van der Waals surface area contributed by atoms with Gasteiger partial charge in [-0.25, -0.2) is 4.79 Å². The Balaban J connectivity index is 1.49. The van der Waals surface area contributed by atoms with E-state index in [0.717, 1.165) is 11.8 Å². The molecule has 1 aliphatic heterocycles. The summed E-state index contributed by atoms with van der Waals surface area (Å²) in [6, 6.07) is 0. The molecule has 106 valence electrons. The zero-order valence-corrected chi connectivity index (χ0v) is 11.2. The van der Waals surface area contributed by atoms with Gasteiger partial charge in [-0.2, -0.15) is 0 Å². The Labute approximate surface area is 113 Å². The number of carbonyl (C=O) groups is 1. The molecule has 5 aliphatic rings. The van der Waals surface area contributed by atoms with Crippen LogP contribution in [0, 0.1) is 29.6 Å². The molecule has 0 spiro atoms. The Morgan fingerprint density at radius 3 is 2.26 bits per heavy atom. The van der Waals surface area contributed by atoms with Gasteiger partial charge in [0.1, 0.15) is 0 Å². The molecule has 2 unspecified atom stereocenters. The van der Waals surface area contributed by atoms with Crippen LogP contribution in [0.4, 0.5) is 0 Å². The minimum atomic E-state index is -0.535. The van der Waals surface area contributed by atoms with E-state index in [4.69, 9.17) is 14.6 Å². The molecule has 0 amide bonds. The second-order valence-electron chi connectivity index (χ2n) is 6.95. The Morgan fingerprint density at radius 1 is 1.05 bits per heavy atom. The van der Waals surface area contributed by atoms with Crippen LogP contribution in [0.1, 0.15) is 38.5 Å². The minimum Gasteiger partial charge on any atom is -0.433 e. The van der Waals surface area contributed by atoms with Crippen LogP contribution in [0.2, 0.25) is 0 Å². The normalized spacial score (nSPS) is 51.6. The summed E-state index contributed by atoms with van der Waals surface area (Å²) in [6.45, 7) is -0.0197. The number of esters is 1. The third kappa shape index (κ3) is 1.91. The summed E-state index contributed by atoms with van der Waals surface area (Å²) in [5.74, 6) is 3.38. The first-order chi connectivity index (χ1) is 9.24. The molecule has 1 N–H and O–H groups in total. The first-order valence-corrected chi connectivity index (χ1v) is 7.71. The molecule has 4 nitrogen and oxygen atoms in total. The van der Waals surface area contributed by atoms with Gasteiger partial charge in [0.2, 0.25) is 6.29 Å². The number of aliphatic hydroxyl groups excluding tert-OH is 1. The molecule has 0 aromatic carbocycles. The standard InChI is InChI=1S/C15H22O4/c16-2-1-12-14(17)19-15(18-12)13-10-4-8-3-9(6-10)7-11(13)5-8/h8-13,15-16H,1-7H2. The van der Waals surface area contributed by atoms with E-state index in [2.05, 4.69) is 0 Å². The average molecular weight is 266 g/mol. The van der Waals surface area contributed by atoms with Gasteiger partial charge in [-0.1, -0.05) is 0 Å². The molecule has 19 heavy (non-hydrogen) atoms. The van der Waals surface area contributed by atoms with Gasteiger partial charge in [0.15, 0.2) is 6.10 Å². The van der Waals surface area contributed by atoms with Gasteiger partial charge in [-0.15, -0.1) is 0 Å². The highest BCUT2D eigenvalue weighted by atomic mass is 16.8. The van der Waals surface area contributed by atoms with Crippen LogP contribution >= 0.6 is 0 Å². The van der Waals surface area contributed by atoms with Crippen LogP contribution in [0.3, 0.4) is 0 Å². The lowest BCUT2D eigenvalue weighted by molar-refractivity contribution is -0.180. The smallest absolute Gasteiger partial charge is 0.337 e. The monoisotopic (exact) mass is 266 g/mol. The predicted molar refractivity (Wildman–Crippen MR) is 67.0 cm³/mol. The Hall–Kier alpha value is -0.610. The molecule has 4 aliphatic carbocycles. The lowest BCUT2D eigenvalue weighted by Crippen LogP contribution is -2.49. The van der Waals surface area contributed by atoms with E-state index in [1.165, 1.54) is 32.1 Å². The average Bonchev–Trinajstić information content (AvgIpc) is 2.70. The predicted octanol–water partition coefficient (Wildman–Crippen LogP) is 1.71. The minimum absolute atomic E-state index is 0.0197. The first-order valence-electron chi connectivity index (χ1n) is 7.71. The Kier molecular flexibility index (Phi) is 2.85. The second-order valence-corrected chi connectivity index (χ2v) is 6.95. The summed E-state index contributed by atoms with van der Waals surface area (Å²) in [5.41, 5.74) is 0. The number of cyclic esters (lactones) is 1. The Morgan fingerprint density at radius 2 is 1.68 bits per heavy atom. The van der Waals surface area contributed by atoms with Crippen LogP contribution in [0.15, 0.2) is 0 Å². The molecular formula is C15H22O4. The van der Waals surface area contributed by atoms with E-state index in [1.54, 1.807) is 0 Å². The van der Waals surface area contributed by atoms with Gasteiger partial charge >= 0.3 is 5.97 Å². The first kappa shape index (κ1) is 12.2. The topological polar surface area (TPSA) is 55.8 Å². The number of rotatable bonds is 3. The van der Waals surface area contributed by atoms with E-state index in [9.17, 15) is 4.79 Å². The van der Waals surface area contributed by atoms with Crippen molar-refractivity contribution in [2.75, 3.05) is 6.61 Å². The Bertz CT molecular complexity index is 352. The van der Waals surface area contributed by atoms with Gasteiger partial charge < -0.3 is 14.6 Å². The summed E-state index contributed by atoms with van der Waals surface area (Å²) < 4.78 is 11.3. The fourth-order valence-corrected chi connectivity index (χ4v) is 5.32. The quantitative estimate of drug-likeness (QED) is 0.790. The molecule has 2 atom stereocenters. The number of carbonyl (C=O) groups excluding carboxylic acids is 1. The van der Waals surface area contributed by atoms with E-state index < -0.39 is 6.10 Å². The highest BCUT2D eigenvalue weighted by Gasteiger charge is 2.54. The summed E-state index contributed by atoms with van der Waals surface area (Å²) in [6.07, 6.45) is 6.14. The van der Waals surface area contributed by atoms with Gasteiger partial charge in [0.25, 0.3) is 0 Å². The molecule has 0 radical (unpaired) electrons. The molecule has 4 heteroatoms. The largest absolute Gasteiger partial charge is 0.433 e. The van der Waals surface area contributed by atoms with Crippen LogP contribution in [-0.4, -0.2) is 30.1 Å². The van der Waals surface area contributed by atoms with Crippen LogP contribution < -0.4 is 0 Å². The van der Waals surface area contributed by atoms with E-state index in [1.807, 2.05) is 0 Å². The van der Waals surface area contributed by atoms with Gasteiger partial charge in [0.05, 0.1) is 0 Å². The van der Waals surface area contributed by atoms with Crippen molar-refractivity contribution in [3.8, 4) is 0 Å². The molecule has 1 heterocycles. The SMILES string of the molecule is O=C1OC(C2C3CC4CC(C3)CC2C4)OC1CCO. The fraction of sp³-hybridized carbons (Fsp3) is 0.933.